The van der Waals surface area contributed by atoms with Crippen LogP contribution < -0.4 is 5.32 Å². The van der Waals surface area contributed by atoms with Gasteiger partial charge in [0.05, 0.1) is 6.20 Å². The summed E-state index contributed by atoms with van der Waals surface area (Å²) < 4.78 is 2.02. The average Bonchev–Trinajstić information content (AvgIpc) is 2.49. The molecule has 0 amide bonds. The van der Waals surface area contributed by atoms with Crippen molar-refractivity contribution in [3.05, 3.63) is 30.1 Å². The fraction of sp³-hybridized carbons (Fsp3) is 0.222. The van der Waals surface area contributed by atoms with E-state index >= 15 is 0 Å². The average molecular weight is 234 g/mol. The molecule has 0 unspecified atom stereocenters. The Morgan fingerprint density at radius 1 is 1.36 bits per heavy atom. The van der Waals surface area contributed by atoms with Crippen molar-refractivity contribution < 1.29 is 0 Å². The van der Waals surface area contributed by atoms with E-state index < -0.39 is 0 Å². The summed E-state index contributed by atoms with van der Waals surface area (Å²) in [6.07, 6.45) is 3.97. The fourth-order valence-electron chi connectivity index (χ4n) is 1.27. The van der Waals surface area contributed by atoms with E-state index in [-0.39, 0.29) is 24.8 Å². The quantitative estimate of drug-likeness (QED) is 0.821. The van der Waals surface area contributed by atoms with Crippen LogP contribution in [0, 0.1) is 6.92 Å². The topological polar surface area (TPSA) is 29.3 Å². The molecule has 0 spiro atoms. The van der Waals surface area contributed by atoms with Crippen LogP contribution in [0.4, 0.5) is 5.82 Å². The lowest BCUT2D eigenvalue weighted by Gasteiger charge is -1.93. The largest absolute Gasteiger partial charge is 0.372 e. The first kappa shape index (κ1) is 13.1. The Morgan fingerprint density at radius 3 is 2.64 bits per heavy atom. The number of aromatic nitrogens is 2. The van der Waals surface area contributed by atoms with Gasteiger partial charge in [0, 0.05) is 13.2 Å². The number of pyridine rings is 1. The van der Waals surface area contributed by atoms with E-state index in [4.69, 9.17) is 0 Å². The summed E-state index contributed by atoms with van der Waals surface area (Å²) in [7, 11) is 1.87. The first-order valence-corrected chi connectivity index (χ1v) is 3.93. The number of fused-ring (bicyclic) bond motifs is 1. The second-order valence-corrected chi connectivity index (χ2v) is 2.80. The van der Waals surface area contributed by atoms with Gasteiger partial charge in [0.2, 0.25) is 0 Å². The van der Waals surface area contributed by atoms with Crippen LogP contribution in [0.25, 0.3) is 5.65 Å². The molecule has 3 nitrogen and oxygen atoms in total. The van der Waals surface area contributed by atoms with Gasteiger partial charge in [-0.25, -0.2) is 4.98 Å². The molecule has 0 saturated heterocycles. The van der Waals surface area contributed by atoms with E-state index in [2.05, 4.69) is 23.3 Å². The van der Waals surface area contributed by atoms with E-state index in [9.17, 15) is 0 Å². The highest BCUT2D eigenvalue weighted by Crippen LogP contribution is 2.11. The number of nitrogens with zero attached hydrogens (tertiary/aromatic N) is 2. The van der Waals surface area contributed by atoms with Gasteiger partial charge in [0.15, 0.2) is 0 Å². The zero-order valence-corrected chi connectivity index (χ0v) is 9.65. The Morgan fingerprint density at radius 2 is 2.07 bits per heavy atom. The van der Waals surface area contributed by atoms with Crippen LogP contribution >= 0.6 is 24.8 Å². The SMILES string of the molecule is CNc1cn2cccc(C)c2n1.Cl.Cl. The summed E-state index contributed by atoms with van der Waals surface area (Å²) in [5, 5.41) is 3.01. The fourth-order valence-corrected chi connectivity index (χ4v) is 1.27. The molecule has 0 aromatic carbocycles. The van der Waals surface area contributed by atoms with Crippen LogP contribution in [-0.4, -0.2) is 16.4 Å². The van der Waals surface area contributed by atoms with Gasteiger partial charge in [-0.1, -0.05) is 6.07 Å². The highest BCUT2D eigenvalue weighted by Gasteiger charge is 2.00. The zero-order valence-electron chi connectivity index (χ0n) is 8.02. The van der Waals surface area contributed by atoms with Gasteiger partial charge in [-0.05, 0) is 18.6 Å². The minimum atomic E-state index is 0. The third-order valence-electron chi connectivity index (χ3n) is 1.93. The number of hydrogen-bond acceptors (Lipinski definition) is 2. The summed E-state index contributed by atoms with van der Waals surface area (Å²) in [4.78, 5) is 4.38. The molecule has 78 valence electrons. The third kappa shape index (κ3) is 2.11. The minimum Gasteiger partial charge on any atom is -0.372 e. The van der Waals surface area contributed by atoms with Gasteiger partial charge in [0.25, 0.3) is 0 Å². The first-order valence-electron chi connectivity index (χ1n) is 3.93. The molecule has 0 aliphatic carbocycles. The van der Waals surface area contributed by atoms with E-state index in [1.807, 2.05) is 29.9 Å². The Kier molecular flexibility index (Phi) is 4.74. The Bertz CT molecular complexity index is 411. The summed E-state index contributed by atoms with van der Waals surface area (Å²) in [5.74, 6) is 0.907. The predicted molar refractivity (Wildman–Crippen MR) is 64.0 cm³/mol. The normalized spacial score (nSPS) is 9.00. The van der Waals surface area contributed by atoms with Crippen molar-refractivity contribution >= 4 is 36.3 Å². The van der Waals surface area contributed by atoms with Gasteiger partial charge >= 0.3 is 0 Å². The predicted octanol–water partition coefficient (Wildman–Crippen LogP) is 2.53. The van der Waals surface area contributed by atoms with E-state index in [1.165, 1.54) is 5.56 Å². The first-order chi connectivity index (χ1) is 5.81. The van der Waals surface area contributed by atoms with Crippen molar-refractivity contribution in [1.82, 2.24) is 9.38 Å². The number of rotatable bonds is 1. The van der Waals surface area contributed by atoms with Crippen LogP contribution in [0.2, 0.25) is 0 Å². The van der Waals surface area contributed by atoms with Crippen LogP contribution in [-0.2, 0) is 0 Å². The van der Waals surface area contributed by atoms with E-state index in [1.54, 1.807) is 0 Å². The van der Waals surface area contributed by atoms with Crippen molar-refractivity contribution in [2.45, 2.75) is 6.92 Å². The molecule has 0 aliphatic rings. The summed E-state index contributed by atoms with van der Waals surface area (Å²) in [6, 6.07) is 4.07. The van der Waals surface area contributed by atoms with Crippen molar-refractivity contribution in [3.8, 4) is 0 Å². The smallest absolute Gasteiger partial charge is 0.145 e. The zero-order chi connectivity index (χ0) is 8.55. The number of nitrogens with one attached hydrogen (secondary N) is 1. The van der Waals surface area contributed by atoms with E-state index in [0.29, 0.717) is 0 Å². The number of hydrogen-bond donors (Lipinski definition) is 1. The van der Waals surface area contributed by atoms with E-state index in [0.717, 1.165) is 11.5 Å². The van der Waals surface area contributed by atoms with Crippen molar-refractivity contribution in [2.75, 3.05) is 12.4 Å². The monoisotopic (exact) mass is 233 g/mol. The molecule has 2 aromatic rings. The van der Waals surface area contributed by atoms with Gasteiger partial charge in [-0.2, -0.15) is 0 Å². The lowest BCUT2D eigenvalue weighted by Crippen LogP contribution is -1.85. The molecule has 5 heteroatoms. The second kappa shape index (κ2) is 5.08. The molecule has 0 aliphatic heterocycles. The summed E-state index contributed by atoms with van der Waals surface area (Å²) >= 11 is 0. The minimum absolute atomic E-state index is 0. The highest BCUT2D eigenvalue weighted by atomic mass is 35.5. The molecule has 0 radical (unpaired) electrons. The number of imidazole rings is 1. The molecule has 0 bridgehead atoms. The van der Waals surface area contributed by atoms with Gasteiger partial charge in [0.1, 0.15) is 11.5 Å². The molecule has 14 heavy (non-hydrogen) atoms. The van der Waals surface area contributed by atoms with Crippen molar-refractivity contribution in [1.29, 1.82) is 0 Å². The van der Waals surface area contributed by atoms with Gasteiger partial charge < -0.3 is 9.72 Å². The number of aryl methyl sites for hydroxylation is 1. The maximum Gasteiger partial charge on any atom is 0.145 e. The highest BCUT2D eigenvalue weighted by molar-refractivity contribution is 5.85. The summed E-state index contributed by atoms with van der Waals surface area (Å²) in [5.41, 5.74) is 2.21. The Balaban J connectivity index is 0.000000845. The molecule has 0 fully saturated rings. The lowest BCUT2D eigenvalue weighted by atomic mass is 10.3. The van der Waals surface area contributed by atoms with Gasteiger partial charge in [-0.3, -0.25) is 0 Å². The molecule has 2 heterocycles. The molecule has 0 saturated carbocycles. The standard InChI is InChI=1S/C9H11N3.2ClH/c1-7-4-3-5-12-6-8(10-2)11-9(7)12;;/h3-6,10H,1-2H3;2*1H. The molecule has 2 rings (SSSR count). The van der Waals surface area contributed by atoms with Crippen molar-refractivity contribution in [3.63, 3.8) is 0 Å². The maximum atomic E-state index is 4.38. The number of halogens is 2. The van der Waals surface area contributed by atoms with Gasteiger partial charge in [-0.15, -0.1) is 24.8 Å². The summed E-state index contributed by atoms with van der Waals surface area (Å²) in [6.45, 7) is 2.06. The number of anilines is 1. The van der Waals surface area contributed by atoms with Crippen LogP contribution in [0.5, 0.6) is 0 Å². The second-order valence-electron chi connectivity index (χ2n) is 2.80. The third-order valence-corrected chi connectivity index (χ3v) is 1.93. The van der Waals surface area contributed by atoms with Crippen molar-refractivity contribution in [2.24, 2.45) is 0 Å². The Hall–Kier alpha value is -0.930. The van der Waals surface area contributed by atoms with Crippen LogP contribution in [0.1, 0.15) is 5.56 Å². The molecular formula is C9H13Cl2N3. The maximum absolute atomic E-state index is 4.38. The van der Waals surface area contributed by atoms with Crippen LogP contribution in [0.3, 0.4) is 0 Å². The molecule has 2 aromatic heterocycles. The lowest BCUT2D eigenvalue weighted by molar-refractivity contribution is 1.16. The molecule has 1 N–H and O–H groups in total. The van der Waals surface area contributed by atoms with Crippen LogP contribution in [0.15, 0.2) is 24.5 Å². The Labute approximate surface area is 95.4 Å². The molecule has 0 atom stereocenters. The molecular weight excluding hydrogens is 221 g/mol.